The Morgan fingerprint density at radius 1 is 1.40 bits per heavy atom. The van der Waals surface area contributed by atoms with Crippen LogP contribution in [-0.2, 0) is 0 Å². The van der Waals surface area contributed by atoms with Crippen molar-refractivity contribution in [3.05, 3.63) is 35.9 Å². The molecule has 0 fully saturated rings. The average molecular weight is 139 g/mol. The van der Waals surface area contributed by atoms with E-state index in [0.717, 1.165) is 0 Å². The molecule has 0 radical (unpaired) electrons. The lowest BCUT2D eigenvalue weighted by atomic mass is 10.1. The van der Waals surface area contributed by atoms with E-state index in [4.69, 9.17) is 11.6 Å². The number of hydrogen-bond acceptors (Lipinski definition) is 2. The molecule has 10 heavy (non-hydrogen) atoms. The van der Waals surface area contributed by atoms with Crippen molar-refractivity contribution in [2.24, 2.45) is 0 Å². The summed E-state index contributed by atoms with van der Waals surface area (Å²) in [7, 11) is 0. The summed E-state index contributed by atoms with van der Waals surface area (Å²) in [6.45, 7) is -1.46. The lowest BCUT2D eigenvalue weighted by Gasteiger charge is -2.05. The summed E-state index contributed by atoms with van der Waals surface area (Å²) in [5.41, 5.74) is 0.565. The predicted octanol–water partition coefficient (Wildman–Crippen LogP) is 0.712. The SMILES string of the molecule is [2H][C@@H](O)C(O)c1ccccc1. The smallest absolute Gasteiger partial charge is 0.102 e. The molecule has 54 valence electrons. The topological polar surface area (TPSA) is 40.5 Å². The first-order valence-electron chi connectivity index (χ1n) is 3.63. The van der Waals surface area contributed by atoms with Gasteiger partial charge in [0, 0.05) is 0 Å². The van der Waals surface area contributed by atoms with Crippen LogP contribution in [0, 0.1) is 0 Å². The summed E-state index contributed by atoms with van der Waals surface area (Å²) in [6, 6.07) is 8.65. The van der Waals surface area contributed by atoms with Crippen molar-refractivity contribution in [3.63, 3.8) is 0 Å². The van der Waals surface area contributed by atoms with E-state index in [2.05, 4.69) is 0 Å². The first-order chi connectivity index (χ1) is 5.22. The van der Waals surface area contributed by atoms with Crippen LogP contribution in [0.2, 0.25) is 0 Å². The first kappa shape index (κ1) is 5.89. The summed E-state index contributed by atoms with van der Waals surface area (Å²) in [5.74, 6) is 0. The number of aliphatic hydroxyl groups is 2. The van der Waals surface area contributed by atoms with Gasteiger partial charge in [-0.1, -0.05) is 30.3 Å². The summed E-state index contributed by atoms with van der Waals surface area (Å²) in [5, 5.41) is 17.9. The fraction of sp³-hybridized carbons (Fsp3) is 0.250. The van der Waals surface area contributed by atoms with Gasteiger partial charge in [-0.2, -0.15) is 0 Å². The second-order valence-corrected chi connectivity index (χ2v) is 2.00. The minimum Gasteiger partial charge on any atom is -0.393 e. The van der Waals surface area contributed by atoms with Crippen LogP contribution >= 0.6 is 0 Å². The molecular weight excluding hydrogens is 128 g/mol. The van der Waals surface area contributed by atoms with Gasteiger partial charge in [0.15, 0.2) is 0 Å². The lowest BCUT2D eigenvalue weighted by molar-refractivity contribution is 0.0956. The van der Waals surface area contributed by atoms with Gasteiger partial charge in [-0.3, -0.25) is 0 Å². The lowest BCUT2D eigenvalue weighted by Crippen LogP contribution is -2.01. The van der Waals surface area contributed by atoms with Crippen LogP contribution in [0.1, 0.15) is 13.0 Å². The molecule has 0 saturated heterocycles. The highest BCUT2D eigenvalue weighted by Crippen LogP contribution is 2.09. The van der Waals surface area contributed by atoms with Crippen molar-refractivity contribution in [2.75, 3.05) is 6.58 Å². The third-order valence-corrected chi connectivity index (χ3v) is 1.28. The number of benzene rings is 1. The maximum Gasteiger partial charge on any atom is 0.102 e. The second kappa shape index (κ2) is 3.34. The second-order valence-electron chi connectivity index (χ2n) is 2.00. The fourth-order valence-corrected chi connectivity index (χ4v) is 0.736. The van der Waals surface area contributed by atoms with E-state index < -0.39 is 12.7 Å². The van der Waals surface area contributed by atoms with Gasteiger partial charge < -0.3 is 10.2 Å². The standard InChI is InChI=1S/C8H10O2/c9-6-8(10)7-4-2-1-3-5-7/h1-5,8-10H,6H2/i6D/t6-,8?/m1/s1. The molecule has 0 aliphatic carbocycles. The minimum atomic E-state index is -1.46. The van der Waals surface area contributed by atoms with Gasteiger partial charge in [-0.25, -0.2) is 0 Å². The molecule has 1 aromatic carbocycles. The predicted molar refractivity (Wildman–Crippen MR) is 38.5 cm³/mol. The molecule has 0 saturated carbocycles. The van der Waals surface area contributed by atoms with Crippen LogP contribution in [0.4, 0.5) is 0 Å². The monoisotopic (exact) mass is 139 g/mol. The van der Waals surface area contributed by atoms with Gasteiger partial charge in [0.05, 0.1) is 7.95 Å². The van der Waals surface area contributed by atoms with Crippen LogP contribution in [0.25, 0.3) is 0 Å². The van der Waals surface area contributed by atoms with Crippen molar-refractivity contribution < 1.29 is 11.6 Å². The molecule has 1 unspecified atom stereocenters. The zero-order valence-corrected chi connectivity index (χ0v) is 5.44. The van der Waals surface area contributed by atoms with Crippen molar-refractivity contribution in [3.8, 4) is 0 Å². The Balaban J connectivity index is 2.77. The van der Waals surface area contributed by atoms with E-state index >= 15 is 0 Å². The first-order valence-corrected chi connectivity index (χ1v) is 3.05. The quantitative estimate of drug-likeness (QED) is 0.633. The van der Waals surface area contributed by atoms with Crippen LogP contribution in [-0.4, -0.2) is 16.8 Å². The molecule has 1 aromatic rings. The van der Waals surface area contributed by atoms with E-state index in [0.29, 0.717) is 5.56 Å². The molecule has 0 heterocycles. The summed E-state index contributed by atoms with van der Waals surface area (Å²) in [4.78, 5) is 0. The Bertz CT molecular complexity index is 211. The van der Waals surface area contributed by atoms with E-state index in [-0.39, 0.29) is 0 Å². The van der Waals surface area contributed by atoms with Crippen LogP contribution in [0.3, 0.4) is 0 Å². The molecule has 2 atom stereocenters. The van der Waals surface area contributed by atoms with Gasteiger partial charge in [0.1, 0.15) is 6.10 Å². The van der Waals surface area contributed by atoms with Gasteiger partial charge in [-0.15, -0.1) is 0 Å². The van der Waals surface area contributed by atoms with E-state index in [1.165, 1.54) is 0 Å². The Hall–Kier alpha value is -0.860. The molecule has 2 heteroatoms. The highest BCUT2D eigenvalue weighted by molar-refractivity contribution is 5.16. The van der Waals surface area contributed by atoms with Crippen molar-refractivity contribution >= 4 is 0 Å². The average Bonchev–Trinajstić information content (AvgIpc) is 2.05. The molecular formula is C8H10O2. The summed E-state index contributed by atoms with van der Waals surface area (Å²) >= 11 is 0. The molecule has 0 bridgehead atoms. The molecule has 0 aromatic heterocycles. The van der Waals surface area contributed by atoms with E-state index in [9.17, 15) is 0 Å². The van der Waals surface area contributed by atoms with E-state index in [1.807, 2.05) is 6.07 Å². The maximum atomic E-state index is 9.16. The molecule has 2 N–H and O–H groups in total. The third-order valence-electron chi connectivity index (χ3n) is 1.28. The minimum absolute atomic E-state index is 0.565. The zero-order valence-electron chi connectivity index (χ0n) is 6.44. The van der Waals surface area contributed by atoms with Gasteiger partial charge in [0.25, 0.3) is 0 Å². The Morgan fingerprint density at radius 3 is 2.50 bits per heavy atom. The van der Waals surface area contributed by atoms with Crippen LogP contribution in [0.5, 0.6) is 0 Å². The number of hydrogen-bond donors (Lipinski definition) is 2. The van der Waals surface area contributed by atoms with E-state index in [1.54, 1.807) is 24.3 Å². The molecule has 0 amide bonds. The fourth-order valence-electron chi connectivity index (χ4n) is 0.736. The largest absolute Gasteiger partial charge is 0.393 e. The summed E-state index contributed by atoms with van der Waals surface area (Å²) < 4.78 is 6.83. The summed E-state index contributed by atoms with van der Waals surface area (Å²) in [6.07, 6.45) is -1.10. The van der Waals surface area contributed by atoms with Gasteiger partial charge in [-0.05, 0) is 5.56 Å². The van der Waals surface area contributed by atoms with Gasteiger partial charge in [0.2, 0.25) is 0 Å². The molecule has 0 aliphatic heterocycles. The highest BCUT2D eigenvalue weighted by Gasteiger charge is 2.02. The van der Waals surface area contributed by atoms with Crippen molar-refractivity contribution in [1.29, 1.82) is 0 Å². The third kappa shape index (κ3) is 1.56. The number of aliphatic hydroxyl groups excluding tert-OH is 2. The van der Waals surface area contributed by atoms with Crippen molar-refractivity contribution in [2.45, 2.75) is 6.10 Å². The maximum absolute atomic E-state index is 9.16. The zero-order chi connectivity index (χ0) is 8.27. The molecule has 0 aliphatic rings. The molecule has 1 rings (SSSR count). The van der Waals surface area contributed by atoms with Crippen molar-refractivity contribution in [1.82, 2.24) is 0 Å². The van der Waals surface area contributed by atoms with Gasteiger partial charge >= 0.3 is 0 Å². The number of rotatable bonds is 2. The Labute approximate surface area is 61.2 Å². The molecule has 0 spiro atoms. The normalized spacial score (nSPS) is 17.6. The van der Waals surface area contributed by atoms with Crippen LogP contribution < -0.4 is 0 Å². The van der Waals surface area contributed by atoms with Crippen LogP contribution in [0.15, 0.2) is 30.3 Å². The Morgan fingerprint density at radius 2 is 2.00 bits per heavy atom. The molecule has 2 nitrogen and oxygen atoms in total. The highest BCUT2D eigenvalue weighted by atomic mass is 16.3. The Kier molecular flexibility index (Phi) is 1.97.